The molecule has 200 valence electrons. The van der Waals surface area contributed by atoms with Crippen LogP contribution in [0, 0.1) is 28.6 Å². The van der Waals surface area contributed by atoms with E-state index < -0.39 is 75.7 Å². The second-order valence-electron chi connectivity index (χ2n) is 11.5. The first-order chi connectivity index (χ1) is 16.8. The first-order valence-corrected chi connectivity index (χ1v) is 13.6. The number of alkyl halides is 2. The van der Waals surface area contributed by atoms with Gasteiger partial charge in [0, 0.05) is 40.9 Å². The predicted molar refractivity (Wildman–Crippen MR) is 133 cm³/mol. The van der Waals surface area contributed by atoms with Crippen molar-refractivity contribution in [2.45, 2.75) is 95.9 Å². The molecule has 4 aliphatic carbocycles. The van der Waals surface area contributed by atoms with E-state index >= 15 is 4.39 Å². The zero-order valence-electron chi connectivity index (χ0n) is 21.8. The minimum absolute atomic E-state index is 0.0471. The number of ketones is 1. The van der Waals surface area contributed by atoms with E-state index in [2.05, 4.69) is 0 Å². The van der Waals surface area contributed by atoms with Crippen LogP contribution < -0.4 is 0 Å². The molecule has 0 heterocycles. The van der Waals surface area contributed by atoms with Gasteiger partial charge in [-0.2, -0.15) is 0 Å². The van der Waals surface area contributed by atoms with Crippen molar-refractivity contribution >= 4 is 29.3 Å². The first-order valence-electron chi connectivity index (χ1n) is 13.1. The van der Waals surface area contributed by atoms with Crippen molar-refractivity contribution in [3.05, 3.63) is 23.8 Å². The minimum Gasteiger partial charge on any atom is -0.457 e. The quantitative estimate of drug-likeness (QED) is 0.303. The van der Waals surface area contributed by atoms with Gasteiger partial charge in [-0.3, -0.25) is 14.4 Å². The summed E-state index contributed by atoms with van der Waals surface area (Å²) in [5.41, 5.74) is -4.94. The average Bonchev–Trinajstić information content (AvgIpc) is 3.05. The number of carbonyl (C=O) groups is 3. The fourth-order valence-electron chi connectivity index (χ4n) is 8.08. The molecule has 0 aromatic carbocycles. The van der Waals surface area contributed by atoms with Crippen LogP contribution in [0.25, 0.3) is 0 Å². The number of fused-ring (bicyclic) bond motifs is 5. The number of allylic oxidation sites excluding steroid dienone is 4. The molecule has 4 rings (SSSR count). The Labute approximate surface area is 217 Å². The van der Waals surface area contributed by atoms with E-state index in [1.54, 1.807) is 20.8 Å². The lowest BCUT2D eigenvalue weighted by atomic mass is 9.44. The molecule has 0 aromatic rings. The Balaban J connectivity index is 1.83. The summed E-state index contributed by atoms with van der Waals surface area (Å²) in [6.07, 6.45) is 5.99. The zero-order valence-corrected chi connectivity index (χ0v) is 22.6. The van der Waals surface area contributed by atoms with Gasteiger partial charge in [0.2, 0.25) is 5.78 Å². The van der Waals surface area contributed by atoms with Crippen LogP contribution in [0.15, 0.2) is 23.8 Å². The number of rotatable bonds is 6. The molecule has 0 spiro atoms. The van der Waals surface area contributed by atoms with Crippen LogP contribution in [0.4, 0.5) is 4.39 Å². The predicted octanol–water partition coefficient (Wildman–Crippen LogP) is 4.86. The molecule has 6 nitrogen and oxygen atoms in total. The largest absolute Gasteiger partial charge is 0.457 e. The lowest BCUT2D eigenvalue weighted by molar-refractivity contribution is -0.227. The van der Waals surface area contributed by atoms with Crippen LogP contribution >= 0.6 is 11.6 Å². The van der Waals surface area contributed by atoms with E-state index in [9.17, 15) is 19.5 Å². The van der Waals surface area contributed by atoms with E-state index in [-0.39, 0.29) is 19.3 Å². The zero-order chi connectivity index (χ0) is 26.7. The highest BCUT2D eigenvalue weighted by molar-refractivity contribution is 6.21. The molecular weight excluding hydrogens is 487 g/mol. The van der Waals surface area contributed by atoms with Gasteiger partial charge in [-0.05, 0) is 38.5 Å². The third kappa shape index (κ3) is 3.48. The molecule has 0 amide bonds. The molecule has 0 bridgehead atoms. The lowest BCUT2D eigenvalue weighted by Crippen LogP contribution is -2.71. The van der Waals surface area contributed by atoms with E-state index in [0.29, 0.717) is 19.3 Å². The van der Waals surface area contributed by atoms with Crippen molar-refractivity contribution in [3.8, 4) is 0 Å². The van der Waals surface area contributed by atoms with Crippen molar-refractivity contribution in [3.63, 3.8) is 0 Å². The molecule has 3 fully saturated rings. The second kappa shape index (κ2) is 9.23. The molecule has 36 heavy (non-hydrogen) atoms. The maximum atomic E-state index is 17.5. The number of aliphatic hydroxyl groups is 1. The molecule has 3 saturated carbocycles. The summed E-state index contributed by atoms with van der Waals surface area (Å²) in [5.74, 6) is -3.33. The highest BCUT2D eigenvalue weighted by atomic mass is 35.5. The molecule has 0 saturated heterocycles. The number of hydrogen-bond donors (Lipinski definition) is 1. The molecular formula is C28H38ClFO6. The van der Waals surface area contributed by atoms with Gasteiger partial charge in [-0.1, -0.05) is 51.5 Å². The van der Waals surface area contributed by atoms with Crippen molar-refractivity contribution in [1.29, 1.82) is 0 Å². The topological polar surface area (TPSA) is 89.9 Å². The monoisotopic (exact) mass is 524 g/mol. The van der Waals surface area contributed by atoms with Gasteiger partial charge in [0.1, 0.15) is 0 Å². The first kappa shape index (κ1) is 27.3. The van der Waals surface area contributed by atoms with Crippen LogP contribution in [0.3, 0.4) is 0 Å². The molecule has 0 unspecified atom stereocenters. The molecule has 0 radical (unpaired) electrons. The summed E-state index contributed by atoms with van der Waals surface area (Å²) in [7, 11) is 0. The Bertz CT molecular complexity index is 1010. The highest BCUT2D eigenvalue weighted by Gasteiger charge is 2.78. The SMILES string of the molecule is CCC(=O)OCC(=O)[C@@]1(OC(=O)CC)[C@H](C)C[C@H]2[C@@H]3[C@H](Cl)CC4=CCC=C[C@]4(C)[C@@]3(F)[C@@H](O)C[C@@]21C. The maximum Gasteiger partial charge on any atom is 0.306 e. The molecule has 1 N–H and O–H groups in total. The molecule has 9 atom stereocenters. The maximum absolute atomic E-state index is 17.5. The number of hydrogen-bond acceptors (Lipinski definition) is 6. The normalized spacial score (nSPS) is 45.1. The van der Waals surface area contributed by atoms with Gasteiger partial charge in [-0.15, -0.1) is 11.6 Å². The molecule has 4 aliphatic rings. The third-order valence-corrected chi connectivity index (χ3v) is 10.3. The smallest absolute Gasteiger partial charge is 0.306 e. The Morgan fingerprint density at radius 3 is 2.50 bits per heavy atom. The Morgan fingerprint density at radius 2 is 1.86 bits per heavy atom. The van der Waals surface area contributed by atoms with Crippen LogP contribution in [0.5, 0.6) is 0 Å². The molecule has 8 heteroatoms. The summed E-state index contributed by atoms with van der Waals surface area (Å²) in [5, 5.41) is 11.0. The summed E-state index contributed by atoms with van der Waals surface area (Å²) in [4.78, 5) is 38.4. The fourth-order valence-corrected chi connectivity index (χ4v) is 8.60. The summed E-state index contributed by atoms with van der Waals surface area (Å²) in [6, 6.07) is 0. The van der Waals surface area contributed by atoms with Crippen LogP contribution in [-0.4, -0.2) is 52.2 Å². The van der Waals surface area contributed by atoms with Gasteiger partial charge in [0.15, 0.2) is 17.9 Å². The van der Waals surface area contributed by atoms with E-state index in [1.807, 2.05) is 32.1 Å². The Hall–Kier alpha value is -1.73. The number of halogens is 2. The Morgan fingerprint density at radius 1 is 1.19 bits per heavy atom. The van der Waals surface area contributed by atoms with Crippen molar-refractivity contribution in [2.24, 2.45) is 28.6 Å². The van der Waals surface area contributed by atoms with Crippen molar-refractivity contribution in [1.82, 2.24) is 0 Å². The summed E-state index contributed by atoms with van der Waals surface area (Å²) < 4.78 is 28.7. The minimum atomic E-state index is -2.05. The Kier molecular flexibility index (Phi) is 7.00. The van der Waals surface area contributed by atoms with Gasteiger partial charge < -0.3 is 14.6 Å². The summed E-state index contributed by atoms with van der Waals surface area (Å²) in [6.45, 7) is 8.17. The van der Waals surface area contributed by atoms with E-state index in [4.69, 9.17) is 21.1 Å². The third-order valence-electron chi connectivity index (χ3n) is 9.84. The van der Waals surface area contributed by atoms with Crippen LogP contribution in [-0.2, 0) is 23.9 Å². The number of aliphatic hydroxyl groups excluding tert-OH is 1. The molecule has 0 aliphatic heterocycles. The standard InChI is InChI=1S/C28H38ClFO6/c1-6-22(33)35-15-21(32)28(36-23(34)7-2)16(3)12-18-24-19(29)13-17-10-8-9-11-25(17,4)27(24,30)20(31)14-26(18,28)5/h9-11,16,18-20,24,31H,6-8,12-15H2,1-5H3/t16-,18+,19-,20+,24-,25+,26+,27-,28+/m1/s1. The average molecular weight is 525 g/mol. The van der Waals surface area contributed by atoms with Crippen molar-refractivity contribution < 1.29 is 33.4 Å². The lowest BCUT2D eigenvalue weighted by Gasteiger charge is -2.64. The number of Topliss-reactive ketones (excluding diaryl/α,β-unsaturated/α-hetero) is 1. The van der Waals surface area contributed by atoms with Gasteiger partial charge >= 0.3 is 11.9 Å². The fraction of sp³-hybridized carbons (Fsp3) is 0.750. The van der Waals surface area contributed by atoms with Gasteiger partial charge in [0.05, 0.1) is 6.10 Å². The van der Waals surface area contributed by atoms with Crippen LogP contribution in [0.1, 0.15) is 73.1 Å². The van der Waals surface area contributed by atoms with E-state index in [0.717, 1.165) is 5.57 Å². The number of ether oxygens (including phenoxy) is 2. The van der Waals surface area contributed by atoms with Crippen LogP contribution in [0.2, 0.25) is 0 Å². The van der Waals surface area contributed by atoms with Gasteiger partial charge in [-0.25, -0.2) is 4.39 Å². The number of carbonyl (C=O) groups excluding carboxylic acids is 3. The highest BCUT2D eigenvalue weighted by Crippen LogP contribution is 2.72. The van der Waals surface area contributed by atoms with E-state index in [1.165, 1.54) is 0 Å². The number of esters is 2. The molecule has 0 aromatic heterocycles. The van der Waals surface area contributed by atoms with Crippen molar-refractivity contribution in [2.75, 3.05) is 6.61 Å². The van der Waals surface area contributed by atoms with Gasteiger partial charge in [0.25, 0.3) is 0 Å². The second-order valence-corrected chi connectivity index (χ2v) is 12.0. The summed E-state index contributed by atoms with van der Waals surface area (Å²) >= 11 is 6.95.